The first-order valence-electron chi connectivity index (χ1n) is 6.23. The van der Waals surface area contributed by atoms with E-state index in [4.69, 9.17) is 4.74 Å². The molecule has 2 rings (SSSR count). The van der Waals surface area contributed by atoms with Crippen molar-refractivity contribution in [3.05, 3.63) is 53.6 Å². The van der Waals surface area contributed by atoms with E-state index in [1.807, 2.05) is 13.0 Å². The van der Waals surface area contributed by atoms with Gasteiger partial charge in [-0.2, -0.15) is 13.2 Å². The molecule has 19 heavy (non-hydrogen) atoms. The predicted molar refractivity (Wildman–Crippen MR) is 68.3 cm³/mol. The van der Waals surface area contributed by atoms with Crippen LogP contribution in [0.2, 0.25) is 0 Å². The number of ether oxygens (including phenoxy) is 1. The molecule has 4 heteroatoms. The standard InChI is InChI=1S/C15H15F3O/c1-2-6-13-9-12(15(16,17)18)10-14(19-13)11-7-4-3-5-8-11/h3-5,7-10,13H,2,6H2,1H3. The number of hydrogen-bond donors (Lipinski definition) is 0. The van der Waals surface area contributed by atoms with Crippen LogP contribution in [0.25, 0.3) is 5.76 Å². The van der Waals surface area contributed by atoms with Crippen LogP contribution in [0.4, 0.5) is 13.2 Å². The minimum Gasteiger partial charge on any atom is -0.486 e. The van der Waals surface area contributed by atoms with Crippen LogP contribution in [0.3, 0.4) is 0 Å². The van der Waals surface area contributed by atoms with E-state index in [9.17, 15) is 13.2 Å². The van der Waals surface area contributed by atoms with Crippen LogP contribution >= 0.6 is 0 Å². The van der Waals surface area contributed by atoms with Gasteiger partial charge in [-0.15, -0.1) is 0 Å². The van der Waals surface area contributed by atoms with Crippen molar-refractivity contribution in [1.29, 1.82) is 0 Å². The van der Waals surface area contributed by atoms with Crippen molar-refractivity contribution in [2.24, 2.45) is 0 Å². The molecule has 1 aromatic carbocycles. The van der Waals surface area contributed by atoms with Gasteiger partial charge in [0.15, 0.2) is 0 Å². The average Bonchev–Trinajstić information content (AvgIpc) is 2.39. The molecule has 0 fully saturated rings. The molecule has 0 amide bonds. The Balaban J connectivity index is 2.34. The molecule has 0 saturated carbocycles. The zero-order chi connectivity index (χ0) is 13.9. The highest BCUT2D eigenvalue weighted by Crippen LogP contribution is 2.35. The van der Waals surface area contributed by atoms with Gasteiger partial charge in [0.05, 0.1) is 5.57 Å². The van der Waals surface area contributed by atoms with E-state index in [0.717, 1.165) is 18.6 Å². The SMILES string of the molecule is CCCC1C=C(C(F)(F)F)C=C(c2ccccc2)O1. The smallest absolute Gasteiger partial charge is 0.416 e. The second-order valence-corrected chi connectivity index (χ2v) is 4.44. The van der Waals surface area contributed by atoms with Crippen molar-refractivity contribution >= 4 is 5.76 Å². The third-order valence-corrected chi connectivity index (χ3v) is 2.89. The van der Waals surface area contributed by atoms with Gasteiger partial charge in [-0.05, 0) is 18.6 Å². The molecular weight excluding hydrogens is 253 g/mol. The minimum atomic E-state index is -4.34. The maximum absolute atomic E-state index is 12.9. The molecule has 1 aliphatic rings. The fourth-order valence-corrected chi connectivity index (χ4v) is 1.98. The number of benzene rings is 1. The van der Waals surface area contributed by atoms with Gasteiger partial charge < -0.3 is 4.74 Å². The van der Waals surface area contributed by atoms with Crippen LogP contribution in [-0.4, -0.2) is 12.3 Å². The Kier molecular flexibility index (Phi) is 3.98. The number of allylic oxidation sites excluding steroid dienone is 2. The monoisotopic (exact) mass is 268 g/mol. The van der Waals surface area contributed by atoms with E-state index in [1.54, 1.807) is 24.3 Å². The van der Waals surface area contributed by atoms with Gasteiger partial charge in [-0.1, -0.05) is 43.7 Å². The fraction of sp³-hybridized carbons (Fsp3) is 0.333. The number of rotatable bonds is 3. The Morgan fingerprint density at radius 3 is 2.42 bits per heavy atom. The zero-order valence-electron chi connectivity index (χ0n) is 10.6. The van der Waals surface area contributed by atoms with Crippen molar-refractivity contribution in [2.45, 2.75) is 32.0 Å². The maximum Gasteiger partial charge on any atom is 0.416 e. The molecule has 1 heterocycles. The number of alkyl halides is 3. The Bertz CT molecular complexity index is 486. The lowest BCUT2D eigenvalue weighted by Crippen LogP contribution is -2.20. The van der Waals surface area contributed by atoms with Crippen LogP contribution < -0.4 is 0 Å². The van der Waals surface area contributed by atoms with Gasteiger partial charge in [-0.25, -0.2) is 0 Å². The van der Waals surface area contributed by atoms with Crippen molar-refractivity contribution in [3.8, 4) is 0 Å². The highest BCUT2D eigenvalue weighted by molar-refractivity contribution is 5.64. The summed E-state index contributed by atoms with van der Waals surface area (Å²) >= 11 is 0. The maximum atomic E-state index is 12.9. The summed E-state index contributed by atoms with van der Waals surface area (Å²) in [5.74, 6) is 0.286. The first-order chi connectivity index (χ1) is 9.00. The molecule has 0 bridgehead atoms. The van der Waals surface area contributed by atoms with E-state index in [-0.39, 0.29) is 5.76 Å². The fourth-order valence-electron chi connectivity index (χ4n) is 1.98. The normalized spacial score (nSPS) is 19.5. The van der Waals surface area contributed by atoms with E-state index < -0.39 is 17.9 Å². The lowest BCUT2D eigenvalue weighted by molar-refractivity contribution is -0.0898. The van der Waals surface area contributed by atoms with Crippen molar-refractivity contribution < 1.29 is 17.9 Å². The minimum absolute atomic E-state index is 0.286. The van der Waals surface area contributed by atoms with Gasteiger partial charge >= 0.3 is 6.18 Å². The van der Waals surface area contributed by atoms with Crippen LogP contribution in [0.5, 0.6) is 0 Å². The van der Waals surface area contributed by atoms with Gasteiger partial charge in [0.2, 0.25) is 0 Å². The predicted octanol–water partition coefficient (Wildman–Crippen LogP) is 4.72. The summed E-state index contributed by atoms with van der Waals surface area (Å²) in [7, 11) is 0. The molecule has 0 radical (unpaired) electrons. The summed E-state index contributed by atoms with van der Waals surface area (Å²) in [4.78, 5) is 0. The summed E-state index contributed by atoms with van der Waals surface area (Å²) in [6, 6.07) is 8.86. The van der Waals surface area contributed by atoms with E-state index in [1.165, 1.54) is 0 Å². The number of halogens is 3. The molecule has 102 valence electrons. The third-order valence-electron chi connectivity index (χ3n) is 2.89. The zero-order valence-corrected chi connectivity index (χ0v) is 10.6. The second-order valence-electron chi connectivity index (χ2n) is 4.44. The highest BCUT2D eigenvalue weighted by Gasteiger charge is 2.35. The molecule has 1 unspecified atom stereocenters. The first kappa shape index (κ1) is 13.7. The van der Waals surface area contributed by atoms with Crippen molar-refractivity contribution in [2.75, 3.05) is 0 Å². The van der Waals surface area contributed by atoms with E-state index in [0.29, 0.717) is 12.0 Å². The van der Waals surface area contributed by atoms with Gasteiger partial charge in [0, 0.05) is 5.56 Å². The molecule has 0 N–H and O–H groups in total. The Labute approximate surface area is 110 Å². The molecule has 1 aliphatic heterocycles. The largest absolute Gasteiger partial charge is 0.486 e. The first-order valence-corrected chi connectivity index (χ1v) is 6.23. The summed E-state index contributed by atoms with van der Waals surface area (Å²) in [6.07, 6.45) is -1.27. The lowest BCUT2D eigenvalue weighted by Gasteiger charge is -2.24. The van der Waals surface area contributed by atoms with Gasteiger partial charge in [-0.3, -0.25) is 0 Å². The third kappa shape index (κ3) is 3.40. The van der Waals surface area contributed by atoms with Gasteiger partial charge in [0.1, 0.15) is 11.9 Å². The lowest BCUT2D eigenvalue weighted by atomic mass is 10.0. The molecule has 0 saturated heterocycles. The van der Waals surface area contributed by atoms with E-state index >= 15 is 0 Å². The summed E-state index contributed by atoms with van der Waals surface area (Å²) < 4.78 is 44.2. The second kappa shape index (κ2) is 5.51. The van der Waals surface area contributed by atoms with Crippen LogP contribution in [0.15, 0.2) is 48.1 Å². The molecule has 1 aromatic rings. The topological polar surface area (TPSA) is 9.23 Å². The Morgan fingerprint density at radius 1 is 1.16 bits per heavy atom. The molecule has 0 aromatic heterocycles. The quantitative estimate of drug-likeness (QED) is 0.771. The molecule has 0 spiro atoms. The van der Waals surface area contributed by atoms with Crippen LogP contribution in [-0.2, 0) is 4.74 Å². The van der Waals surface area contributed by atoms with Crippen LogP contribution in [0.1, 0.15) is 25.3 Å². The molecule has 1 atom stereocenters. The van der Waals surface area contributed by atoms with E-state index in [2.05, 4.69) is 0 Å². The Morgan fingerprint density at radius 2 is 1.84 bits per heavy atom. The van der Waals surface area contributed by atoms with Crippen LogP contribution in [0, 0.1) is 0 Å². The highest BCUT2D eigenvalue weighted by atomic mass is 19.4. The molecular formula is C15H15F3O. The Hall–Kier alpha value is -1.71. The average molecular weight is 268 g/mol. The summed E-state index contributed by atoms with van der Waals surface area (Å²) in [6.45, 7) is 1.92. The number of hydrogen-bond acceptors (Lipinski definition) is 1. The molecule has 0 aliphatic carbocycles. The van der Waals surface area contributed by atoms with Crippen molar-refractivity contribution in [3.63, 3.8) is 0 Å². The van der Waals surface area contributed by atoms with Crippen molar-refractivity contribution in [1.82, 2.24) is 0 Å². The molecule has 1 nitrogen and oxygen atoms in total. The summed E-state index contributed by atoms with van der Waals surface area (Å²) in [5, 5.41) is 0. The van der Waals surface area contributed by atoms with Gasteiger partial charge in [0.25, 0.3) is 0 Å². The summed E-state index contributed by atoms with van der Waals surface area (Å²) in [5.41, 5.74) is 0.0366.